The molecule has 2 aliphatic heterocycles. The van der Waals surface area contributed by atoms with E-state index in [4.69, 9.17) is 29.3 Å². The van der Waals surface area contributed by atoms with Gasteiger partial charge in [-0.05, 0) is 56.0 Å². The van der Waals surface area contributed by atoms with E-state index >= 15 is 0 Å². The summed E-state index contributed by atoms with van der Waals surface area (Å²) in [5.74, 6) is -2.88. The second kappa shape index (κ2) is 13.6. The van der Waals surface area contributed by atoms with Crippen LogP contribution < -0.4 is 10.2 Å². The molecule has 42 heavy (non-hydrogen) atoms. The number of rotatable bonds is 3. The summed E-state index contributed by atoms with van der Waals surface area (Å²) in [6.45, 7) is 5.71. The molecule has 0 saturated carbocycles. The second-order valence-electron chi connectivity index (χ2n) is 9.18. The summed E-state index contributed by atoms with van der Waals surface area (Å²) < 4.78 is 69.2. The fourth-order valence-electron chi connectivity index (χ4n) is 4.30. The Bertz CT molecular complexity index is 1340. The van der Waals surface area contributed by atoms with Gasteiger partial charge < -0.3 is 25.0 Å². The highest BCUT2D eigenvalue weighted by atomic mass is 19.4. The Morgan fingerprint density at radius 2 is 1.74 bits per heavy atom. The average Bonchev–Trinajstić information content (AvgIpc) is 3.43. The maximum absolute atomic E-state index is 10.6. The van der Waals surface area contributed by atoms with Gasteiger partial charge in [0.15, 0.2) is 0 Å². The van der Waals surface area contributed by atoms with Crippen molar-refractivity contribution in [2.75, 3.05) is 24.5 Å². The maximum Gasteiger partial charge on any atom is 0.490 e. The first-order chi connectivity index (χ1) is 19.7. The molecule has 0 aliphatic carbocycles. The molecule has 3 N–H and O–H groups in total. The molecule has 17 heteroatoms. The number of carbonyl (C=O) groups is 2. The van der Waals surface area contributed by atoms with Gasteiger partial charge in [-0.15, -0.1) is 0 Å². The predicted molar refractivity (Wildman–Crippen MR) is 133 cm³/mol. The van der Waals surface area contributed by atoms with E-state index in [-0.39, 0.29) is 5.92 Å². The Labute approximate surface area is 234 Å². The first-order valence-corrected chi connectivity index (χ1v) is 12.5. The van der Waals surface area contributed by atoms with Crippen LogP contribution in [0.25, 0.3) is 11.4 Å². The molecule has 5 heterocycles. The third-order valence-electron chi connectivity index (χ3n) is 6.23. The number of halogens is 6. The van der Waals surface area contributed by atoms with Crippen molar-refractivity contribution in [1.29, 1.82) is 0 Å². The normalized spacial score (nSPS) is 16.7. The minimum Gasteiger partial charge on any atom is -0.475 e. The van der Waals surface area contributed by atoms with E-state index in [1.165, 1.54) is 11.1 Å². The van der Waals surface area contributed by atoms with E-state index in [1.54, 1.807) is 0 Å². The monoisotopic (exact) mass is 604 g/mol. The Morgan fingerprint density at radius 1 is 1.07 bits per heavy atom. The van der Waals surface area contributed by atoms with E-state index in [0.29, 0.717) is 5.82 Å². The van der Waals surface area contributed by atoms with Crippen LogP contribution >= 0.6 is 0 Å². The molecule has 1 saturated heterocycles. The van der Waals surface area contributed by atoms with Crippen LogP contribution in [-0.2, 0) is 22.6 Å². The molecule has 1 atom stereocenters. The van der Waals surface area contributed by atoms with E-state index in [1.807, 2.05) is 31.5 Å². The zero-order valence-corrected chi connectivity index (χ0v) is 22.0. The van der Waals surface area contributed by atoms with Crippen LogP contribution in [-0.4, -0.2) is 74.2 Å². The summed E-state index contributed by atoms with van der Waals surface area (Å²) in [5, 5.41) is 22.0. The molecule has 11 nitrogen and oxygen atoms in total. The first kappa shape index (κ1) is 32.2. The third-order valence-corrected chi connectivity index (χ3v) is 6.23. The lowest BCUT2D eigenvalue weighted by Gasteiger charge is -2.31. The summed E-state index contributed by atoms with van der Waals surface area (Å²) >= 11 is 0. The Hall–Kier alpha value is -4.28. The number of nitrogens with zero attached hydrogens (tertiary/aromatic N) is 5. The SMILES string of the molecule is Cc1ncc2c(c1-c1noc(C3CCCN(c4ccccn4)C3)n1)CCNC2.O=C(O)C(F)(F)F.O=C(O)C(F)(F)F. The van der Waals surface area contributed by atoms with Crippen molar-refractivity contribution in [2.24, 2.45) is 0 Å². The number of aromatic nitrogens is 4. The maximum atomic E-state index is 10.6. The molecule has 0 radical (unpaired) electrons. The number of anilines is 1. The van der Waals surface area contributed by atoms with Crippen LogP contribution in [0.1, 0.15) is 41.5 Å². The lowest BCUT2D eigenvalue weighted by molar-refractivity contribution is -0.193. The number of hydrogen-bond donors (Lipinski definition) is 3. The molecular formula is C25H26F6N6O5. The van der Waals surface area contributed by atoms with Gasteiger partial charge in [0.1, 0.15) is 5.82 Å². The molecule has 2 aliphatic rings. The first-order valence-electron chi connectivity index (χ1n) is 12.5. The van der Waals surface area contributed by atoms with Crippen LogP contribution in [0.15, 0.2) is 35.1 Å². The zero-order chi connectivity index (χ0) is 31.1. The lowest BCUT2D eigenvalue weighted by atomic mass is 9.95. The second-order valence-corrected chi connectivity index (χ2v) is 9.18. The standard InChI is InChI=1S/C21H24N6O.2C2HF3O2/c1-14-19(17-7-9-22-11-16(17)12-24-14)20-25-21(28-26-20)15-5-4-10-27(13-15)18-6-2-3-8-23-18;2*3-2(4,5)1(6)7/h2-3,6,8,12,15,22H,4-5,7,9-11,13H2,1H3;2*(H,6,7). The smallest absolute Gasteiger partial charge is 0.475 e. The quantitative estimate of drug-likeness (QED) is 0.370. The number of fused-ring (bicyclic) bond motifs is 1. The number of alkyl halides is 6. The molecule has 5 rings (SSSR count). The van der Waals surface area contributed by atoms with E-state index < -0.39 is 24.3 Å². The van der Waals surface area contributed by atoms with Gasteiger partial charge in [0, 0.05) is 43.3 Å². The number of hydrogen-bond acceptors (Lipinski definition) is 9. The fraction of sp³-hybridized carbons (Fsp3) is 0.440. The van der Waals surface area contributed by atoms with E-state index in [0.717, 1.165) is 68.4 Å². The van der Waals surface area contributed by atoms with Gasteiger partial charge in [-0.1, -0.05) is 11.2 Å². The molecule has 1 fully saturated rings. The van der Waals surface area contributed by atoms with E-state index in [9.17, 15) is 26.3 Å². The molecule has 3 aromatic heterocycles. The van der Waals surface area contributed by atoms with Crippen molar-refractivity contribution in [3.05, 3.63) is 53.3 Å². The molecule has 0 amide bonds. The highest BCUT2D eigenvalue weighted by Crippen LogP contribution is 2.32. The van der Waals surface area contributed by atoms with Crippen molar-refractivity contribution >= 4 is 17.8 Å². The molecule has 0 aromatic carbocycles. The Kier molecular flexibility index (Phi) is 10.4. The highest BCUT2D eigenvalue weighted by Gasteiger charge is 2.39. The Morgan fingerprint density at radius 3 is 2.33 bits per heavy atom. The largest absolute Gasteiger partial charge is 0.490 e. The summed E-state index contributed by atoms with van der Waals surface area (Å²) in [5.41, 5.74) is 4.55. The van der Waals surface area contributed by atoms with E-state index in [2.05, 4.69) is 31.4 Å². The summed E-state index contributed by atoms with van der Waals surface area (Å²) in [6, 6.07) is 6.03. The van der Waals surface area contributed by atoms with Gasteiger partial charge in [-0.2, -0.15) is 31.3 Å². The van der Waals surface area contributed by atoms with Gasteiger partial charge in [-0.25, -0.2) is 14.6 Å². The third kappa shape index (κ3) is 8.61. The van der Waals surface area contributed by atoms with Crippen molar-refractivity contribution in [3.63, 3.8) is 0 Å². The van der Waals surface area contributed by atoms with Gasteiger partial charge in [0.2, 0.25) is 11.7 Å². The van der Waals surface area contributed by atoms with Gasteiger partial charge >= 0.3 is 24.3 Å². The van der Waals surface area contributed by atoms with Crippen LogP contribution in [0.2, 0.25) is 0 Å². The average molecular weight is 605 g/mol. The summed E-state index contributed by atoms with van der Waals surface area (Å²) in [4.78, 5) is 34.0. The summed E-state index contributed by atoms with van der Waals surface area (Å²) in [7, 11) is 0. The molecule has 0 spiro atoms. The Balaban J connectivity index is 0.000000289. The molecular weight excluding hydrogens is 578 g/mol. The minimum absolute atomic E-state index is 0.228. The van der Waals surface area contributed by atoms with Crippen molar-refractivity contribution in [3.8, 4) is 11.4 Å². The zero-order valence-electron chi connectivity index (χ0n) is 22.0. The number of piperidine rings is 1. The lowest BCUT2D eigenvalue weighted by Crippen LogP contribution is -2.35. The number of aryl methyl sites for hydroxylation is 1. The van der Waals surface area contributed by atoms with Crippen LogP contribution in [0.3, 0.4) is 0 Å². The molecule has 228 valence electrons. The van der Waals surface area contributed by atoms with Crippen LogP contribution in [0.4, 0.5) is 32.2 Å². The molecule has 3 aromatic rings. The number of carboxylic acid groups (broad SMARTS) is 2. The van der Waals surface area contributed by atoms with Crippen LogP contribution in [0, 0.1) is 6.92 Å². The van der Waals surface area contributed by atoms with Crippen molar-refractivity contribution in [2.45, 2.75) is 51.0 Å². The number of aliphatic carboxylic acids is 2. The minimum atomic E-state index is -5.08. The van der Waals surface area contributed by atoms with Crippen LogP contribution in [0.5, 0.6) is 0 Å². The summed E-state index contributed by atoms with van der Waals surface area (Å²) in [6.07, 6.45) is -3.25. The molecule has 1 unspecified atom stereocenters. The predicted octanol–water partition coefficient (Wildman–Crippen LogP) is 4.13. The number of carboxylic acids is 2. The fourth-order valence-corrected chi connectivity index (χ4v) is 4.30. The topological polar surface area (TPSA) is 155 Å². The number of nitrogens with one attached hydrogen (secondary N) is 1. The van der Waals surface area contributed by atoms with Gasteiger partial charge in [0.05, 0.1) is 5.92 Å². The molecule has 0 bridgehead atoms. The van der Waals surface area contributed by atoms with Crippen molar-refractivity contribution in [1.82, 2.24) is 25.4 Å². The number of pyridine rings is 2. The van der Waals surface area contributed by atoms with Crippen molar-refractivity contribution < 1.29 is 50.7 Å². The highest BCUT2D eigenvalue weighted by molar-refractivity contribution is 5.73. The van der Waals surface area contributed by atoms with Gasteiger partial charge in [-0.3, -0.25) is 4.98 Å². The van der Waals surface area contributed by atoms with Gasteiger partial charge in [0.25, 0.3) is 0 Å².